The SMILES string of the molecule is CC(C)Nc1ccc(S(=O)(=O)NCC(=O)NC2CCCCCC2)cc1[N+](=O)[O-]. The minimum atomic E-state index is -4.05. The molecule has 156 valence electrons. The molecule has 28 heavy (non-hydrogen) atoms. The minimum absolute atomic E-state index is 0.0491. The van der Waals surface area contributed by atoms with E-state index in [0.29, 0.717) is 0 Å². The third-order valence-corrected chi connectivity index (χ3v) is 5.96. The largest absolute Gasteiger partial charge is 0.377 e. The molecule has 1 fully saturated rings. The van der Waals surface area contributed by atoms with E-state index < -0.39 is 27.4 Å². The summed E-state index contributed by atoms with van der Waals surface area (Å²) in [7, 11) is -4.05. The Morgan fingerprint density at radius 3 is 2.43 bits per heavy atom. The zero-order valence-electron chi connectivity index (χ0n) is 16.2. The van der Waals surface area contributed by atoms with Crippen LogP contribution < -0.4 is 15.4 Å². The molecule has 1 aliphatic rings. The van der Waals surface area contributed by atoms with Crippen molar-refractivity contribution in [2.24, 2.45) is 0 Å². The summed E-state index contributed by atoms with van der Waals surface area (Å²) in [5, 5.41) is 17.1. The van der Waals surface area contributed by atoms with Crippen molar-refractivity contribution in [1.29, 1.82) is 0 Å². The predicted molar refractivity (Wildman–Crippen MR) is 107 cm³/mol. The fraction of sp³-hybridized carbons (Fsp3) is 0.611. The van der Waals surface area contributed by atoms with Crippen LogP contribution in [0.5, 0.6) is 0 Å². The van der Waals surface area contributed by atoms with E-state index in [9.17, 15) is 23.3 Å². The lowest BCUT2D eigenvalue weighted by Crippen LogP contribution is -2.41. The molecule has 9 nitrogen and oxygen atoms in total. The Labute approximate surface area is 165 Å². The summed E-state index contributed by atoms with van der Waals surface area (Å²) < 4.78 is 27.1. The van der Waals surface area contributed by atoms with Gasteiger partial charge in [0.05, 0.1) is 16.4 Å². The standard InChI is InChI=1S/C18H28N4O5S/c1-13(2)20-16-10-9-15(11-17(16)22(24)25)28(26,27)19-12-18(23)21-14-7-5-3-4-6-8-14/h9-11,13-14,19-20H,3-8,12H2,1-2H3,(H,21,23). The summed E-state index contributed by atoms with van der Waals surface area (Å²) in [5.41, 5.74) is -0.0930. The van der Waals surface area contributed by atoms with Crippen molar-refractivity contribution in [3.05, 3.63) is 28.3 Å². The highest BCUT2D eigenvalue weighted by Gasteiger charge is 2.23. The Hall–Kier alpha value is -2.20. The van der Waals surface area contributed by atoms with Crippen LogP contribution in [-0.4, -0.2) is 37.9 Å². The van der Waals surface area contributed by atoms with Crippen molar-refractivity contribution >= 4 is 27.3 Å². The first-order valence-corrected chi connectivity index (χ1v) is 11.0. The van der Waals surface area contributed by atoms with Crippen LogP contribution in [0.25, 0.3) is 0 Å². The molecule has 0 atom stereocenters. The average molecular weight is 413 g/mol. The number of anilines is 1. The highest BCUT2D eigenvalue weighted by Crippen LogP contribution is 2.28. The summed E-state index contributed by atoms with van der Waals surface area (Å²) in [5.74, 6) is -0.400. The number of sulfonamides is 1. The van der Waals surface area contributed by atoms with Gasteiger partial charge in [0.15, 0.2) is 0 Å². The Kier molecular flexibility index (Phi) is 7.76. The molecule has 10 heteroatoms. The van der Waals surface area contributed by atoms with Gasteiger partial charge >= 0.3 is 0 Å². The Morgan fingerprint density at radius 1 is 1.21 bits per heavy atom. The molecule has 0 aromatic heterocycles. The molecule has 0 bridgehead atoms. The van der Waals surface area contributed by atoms with E-state index in [4.69, 9.17) is 0 Å². The molecular weight excluding hydrogens is 384 g/mol. The molecule has 1 saturated carbocycles. The second-order valence-electron chi connectivity index (χ2n) is 7.32. The van der Waals surface area contributed by atoms with Gasteiger partial charge in [0.2, 0.25) is 15.9 Å². The maximum absolute atomic E-state index is 12.5. The maximum atomic E-state index is 12.5. The third-order valence-electron chi connectivity index (χ3n) is 4.56. The van der Waals surface area contributed by atoms with Gasteiger partial charge in [-0.25, -0.2) is 13.1 Å². The molecule has 1 aliphatic carbocycles. The summed E-state index contributed by atoms with van der Waals surface area (Å²) in [6, 6.07) is 3.66. The summed E-state index contributed by atoms with van der Waals surface area (Å²) in [4.78, 5) is 22.5. The second-order valence-corrected chi connectivity index (χ2v) is 9.08. The summed E-state index contributed by atoms with van der Waals surface area (Å²) in [6.45, 7) is 3.24. The Morgan fingerprint density at radius 2 is 1.86 bits per heavy atom. The number of amides is 1. The van der Waals surface area contributed by atoms with Gasteiger partial charge in [-0.1, -0.05) is 25.7 Å². The van der Waals surface area contributed by atoms with Gasteiger partial charge in [-0.15, -0.1) is 0 Å². The summed E-state index contributed by atoms with van der Waals surface area (Å²) in [6.07, 6.45) is 6.21. The monoisotopic (exact) mass is 412 g/mol. The molecule has 1 aromatic rings. The van der Waals surface area contributed by atoms with E-state index >= 15 is 0 Å². The van der Waals surface area contributed by atoms with Crippen LogP contribution in [0.1, 0.15) is 52.4 Å². The van der Waals surface area contributed by atoms with Crippen molar-refractivity contribution in [2.45, 2.75) is 69.4 Å². The van der Waals surface area contributed by atoms with E-state index in [2.05, 4.69) is 15.4 Å². The van der Waals surface area contributed by atoms with Crippen molar-refractivity contribution in [1.82, 2.24) is 10.0 Å². The van der Waals surface area contributed by atoms with E-state index in [1.807, 2.05) is 13.8 Å². The topological polar surface area (TPSA) is 130 Å². The molecule has 0 spiro atoms. The van der Waals surface area contributed by atoms with Crippen LogP contribution in [0.4, 0.5) is 11.4 Å². The van der Waals surface area contributed by atoms with Gasteiger partial charge < -0.3 is 10.6 Å². The normalized spacial score (nSPS) is 15.8. The van der Waals surface area contributed by atoms with Gasteiger partial charge in [0, 0.05) is 18.2 Å². The minimum Gasteiger partial charge on any atom is -0.377 e. The van der Waals surface area contributed by atoms with E-state index in [-0.39, 0.29) is 28.4 Å². The number of benzene rings is 1. The van der Waals surface area contributed by atoms with Crippen molar-refractivity contribution in [3.63, 3.8) is 0 Å². The molecule has 1 aromatic carbocycles. The molecule has 0 radical (unpaired) electrons. The zero-order chi connectivity index (χ0) is 20.7. The number of hydrogen-bond donors (Lipinski definition) is 3. The number of nitrogens with zero attached hydrogens (tertiary/aromatic N) is 1. The van der Waals surface area contributed by atoms with E-state index in [0.717, 1.165) is 44.6 Å². The lowest BCUT2D eigenvalue weighted by molar-refractivity contribution is -0.384. The predicted octanol–water partition coefficient (Wildman–Crippen LogP) is 2.53. The number of hydrogen-bond acceptors (Lipinski definition) is 6. The van der Waals surface area contributed by atoms with Gasteiger partial charge in [-0.3, -0.25) is 14.9 Å². The van der Waals surface area contributed by atoms with Gasteiger partial charge in [0.25, 0.3) is 5.69 Å². The highest BCUT2D eigenvalue weighted by molar-refractivity contribution is 7.89. The van der Waals surface area contributed by atoms with Crippen LogP contribution >= 0.6 is 0 Å². The molecule has 1 amide bonds. The van der Waals surface area contributed by atoms with E-state index in [1.165, 1.54) is 12.1 Å². The third kappa shape index (κ3) is 6.45. The van der Waals surface area contributed by atoms with Crippen LogP contribution in [-0.2, 0) is 14.8 Å². The van der Waals surface area contributed by atoms with Crippen molar-refractivity contribution in [2.75, 3.05) is 11.9 Å². The quantitative estimate of drug-likeness (QED) is 0.342. The number of carbonyl (C=O) groups is 1. The lowest BCUT2D eigenvalue weighted by Gasteiger charge is -2.16. The fourth-order valence-electron chi connectivity index (χ4n) is 3.21. The van der Waals surface area contributed by atoms with Gasteiger partial charge in [0.1, 0.15) is 5.69 Å². The number of rotatable bonds is 8. The van der Waals surface area contributed by atoms with Crippen LogP contribution in [0, 0.1) is 10.1 Å². The Bertz CT molecular complexity index is 802. The second kappa shape index (κ2) is 9.83. The van der Waals surface area contributed by atoms with E-state index in [1.54, 1.807) is 0 Å². The first-order chi connectivity index (χ1) is 13.2. The number of nitro groups is 1. The van der Waals surface area contributed by atoms with Crippen LogP contribution in [0.2, 0.25) is 0 Å². The van der Waals surface area contributed by atoms with Crippen LogP contribution in [0.15, 0.2) is 23.1 Å². The molecule has 2 rings (SSSR count). The Balaban J connectivity index is 2.04. The van der Waals surface area contributed by atoms with Crippen LogP contribution in [0.3, 0.4) is 0 Å². The van der Waals surface area contributed by atoms with Crippen molar-refractivity contribution in [3.8, 4) is 0 Å². The number of carbonyl (C=O) groups excluding carboxylic acids is 1. The first-order valence-electron chi connectivity index (χ1n) is 9.53. The molecule has 0 heterocycles. The fourth-order valence-corrected chi connectivity index (χ4v) is 4.21. The molecule has 0 unspecified atom stereocenters. The first kappa shape index (κ1) is 22.1. The zero-order valence-corrected chi connectivity index (χ0v) is 17.0. The van der Waals surface area contributed by atoms with Gasteiger partial charge in [-0.2, -0.15) is 0 Å². The molecule has 0 aliphatic heterocycles. The summed E-state index contributed by atoms with van der Waals surface area (Å²) >= 11 is 0. The smallest absolute Gasteiger partial charge is 0.293 e. The highest BCUT2D eigenvalue weighted by atomic mass is 32.2. The number of nitro benzene ring substituents is 1. The van der Waals surface area contributed by atoms with Gasteiger partial charge in [-0.05, 0) is 38.8 Å². The maximum Gasteiger partial charge on any atom is 0.293 e. The molecular formula is C18H28N4O5S. The average Bonchev–Trinajstić information content (AvgIpc) is 2.88. The molecule has 0 saturated heterocycles. The number of nitrogens with one attached hydrogen (secondary N) is 3. The lowest BCUT2D eigenvalue weighted by atomic mass is 10.1. The van der Waals surface area contributed by atoms with Crippen molar-refractivity contribution < 1.29 is 18.1 Å². The molecule has 3 N–H and O–H groups in total.